The first-order valence-corrected chi connectivity index (χ1v) is 8.78. The number of carboxylic acid groups (broad SMARTS) is 2. The summed E-state index contributed by atoms with van der Waals surface area (Å²) in [6.07, 6.45) is -0.166. The minimum atomic E-state index is -1.35. The van der Waals surface area contributed by atoms with Crippen LogP contribution in [0.2, 0.25) is 0 Å². The van der Waals surface area contributed by atoms with Gasteiger partial charge in [-0.25, -0.2) is 9.59 Å². The Labute approximate surface area is 295 Å². The maximum atomic E-state index is 12.9. The zero-order valence-corrected chi connectivity index (χ0v) is 29.6. The summed E-state index contributed by atoms with van der Waals surface area (Å²) in [6.45, 7) is 0. The van der Waals surface area contributed by atoms with Gasteiger partial charge in [0.2, 0.25) is 0 Å². The minimum absolute atomic E-state index is 0. The Morgan fingerprint density at radius 3 is 1.39 bits per heavy atom. The number of aromatic carboxylic acids is 2. The van der Waals surface area contributed by atoms with Gasteiger partial charge in [-0.3, -0.25) is 0 Å². The van der Waals surface area contributed by atoms with Crippen LogP contribution in [0.15, 0.2) is 60.7 Å². The summed E-state index contributed by atoms with van der Waals surface area (Å²) in [5.41, 5.74) is -0.453. The van der Waals surface area contributed by atoms with Gasteiger partial charge in [0.05, 0.1) is 11.1 Å². The van der Waals surface area contributed by atoms with Crippen LogP contribution in [0.25, 0.3) is 21.5 Å². The normalized spacial score (nSPS) is 10.3. The maximum absolute atomic E-state index is 12.9. The molecule has 144 valence electrons. The van der Waals surface area contributed by atoms with Crippen LogP contribution in [0.1, 0.15) is 31.8 Å². The van der Waals surface area contributed by atoms with E-state index in [0.29, 0.717) is 21.5 Å². The maximum Gasteiger partial charge on any atom is 1.00 e. The summed E-state index contributed by atoms with van der Waals surface area (Å²) in [7, 11) is 0. The summed E-state index contributed by atoms with van der Waals surface area (Å²) in [5.74, 6) is -4.07. The SMILES string of the molecule is O=C(O)c1cc2ccccc2c(Cc2c([O-])c(C(=O)O)cc3ccccc23)c1[O-].[Cs+].[Cs+]. The first kappa shape index (κ1) is 27.3. The van der Waals surface area contributed by atoms with Crippen molar-refractivity contribution in [1.29, 1.82) is 0 Å². The van der Waals surface area contributed by atoms with E-state index in [-0.39, 0.29) is 166 Å². The third-order valence-electron chi connectivity index (χ3n) is 5.02. The average molecular weight is 652 g/mol. The molecular weight excluding hydrogens is 638 g/mol. The van der Waals surface area contributed by atoms with Crippen LogP contribution in [-0.4, -0.2) is 22.2 Å². The quantitative estimate of drug-likeness (QED) is 0.245. The first-order chi connectivity index (χ1) is 13.9. The van der Waals surface area contributed by atoms with E-state index in [9.17, 15) is 30.0 Å². The Bertz CT molecular complexity index is 1220. The summed E-state index contributed by atoms with van der Waals surface area (Å²) >= 11 is 0. The van der Waals surface area contributed by atoms with Gasteiger partial charge in [0.25, 0.3) is 0 Å². The van der Waals surface area contributed by atoms with Crippen molar-refractivity contribution in [2.45, 2.75) is 6.42 Å². The van der Waals surface area contributed by atoms with Crippen molar-refractivity contribution >= 4 is 33.5 Å². The van der Waals surface area contributed by atoms with Crippen molar-refractivity contribution in [3.8, 4) is 11.5 Å². The van der Waals surface area contributed by atoms with Gasteiger partial charge < -0.3 is 20.4 Å². The van der Waals surface area contributed by atoms with Gasteiger partial charge >= 0.3 is 150 Å². The van der Waals surface area contributed by atoms with Crippen molar-refractivity contribution in [3.63, 3.8) is 0 Å². The van der Waals surface area contributed by atoms with Crippen LogP contribution in [0, 0.1) is 0 Å². The van der Waals surface area contributed by atoms with Gasteiger partial charge in [0.15, 0.2) is 0 Å². The first-order valence-electron chi connectivity index (χ1n) is 8.78. The van der Waals surface area contributed by atoms with Gasteiger partial charge in [-0.2, -0.15) is 0 Å². The van der Waals surface area contributed by atoms with E-state index in [4.69, 9.17) is 0 Å². The standard InChI is InChI=1S/C23H16O6.2Cs/c24-20-16(14-7-3-1-5-12(14)9-18(20)22(26)27)11-17-15-8-4-2-6-13(15)10-19(21(17)25)23(28)29;;/h1-10,24-25H,11H2,(H,26,27)(H,28,29);;/q;2*+1/p-2. The molecule has 0 unspecified atom stereocenters. The van der Waals surface area contributed by atoms with E-state index in [1.54, 1.807) is 48.5 Å². The number of hydrogen-bond acceptors (Lipinski definition) is 4. The molecule has 6 nitrogen and oxygen atoms in total. The Hall–Kier alpha value is 0.0439. The zero-order chi connectivity index (χ0) is 20.7. The molecule has 0 radical (unpaired) electrons. The summed E-state index contributed by atoms with van der Waals surface area (Å²) in [4.78, 5) is 23.1. The summed E-state index contributed by atoms with van der Waals surface area (Å²) < 4.78 is 0. The predicted octanol–water partition coefficient (Wildman–Crippen LogP) is -2.86. The second-order valence-electron chi connectivity index (χ2n) is 6.69. The van der Waals surface area contributed by atoms with Gasteiger partial charge in [-0.1, -0.05) is 60.0 Å². The number of benzene rings is 4. The second kappa shape index (κ2) is 11.5. The molecule has 0 bridgehead atoms. The second-order valence-corrected chi connectivity index (χ2v) is 6.69. The molecule has 0 fully saturated rings. The minimum Gasteiger partial charge on any atom is -0.872 e. The fourth-order valence-corrected chi connectivity index (χ4v) is 3.65. The van der Waals surface area contributed by atoms with Crippen molar-refractivity contribution in [2.24, 2.45) is 0 Å². The average Bonchev–Trinajstić information content (AvgIpc) is 2.70. The molecule has 0 aliphatic rings. The number of carbonyl (C=O) groups is 2. The molecular formula is C23H14Cs2O6. The Morgan fingerprint density at radius 2 is 1.03 bits per heavy atom. The number of fused-ring (bicyclic) bond motifs is 2. The molecule has 0 heterocycles. The van der Waals surface area contributed by atoms with Gasteiger partial charge in [-0.15, -0.1) is 0 Å². The number of hydrogen-bond donors (Lipinski definition) is 2. The molecule has 0 aliphatic carbocycles. The van der Waals surface area contributed by atoms with E-state index in [1.807, 2.05) is 0 Å². The fourth-order valence-electron chi connectivity index (χ4n) is 3.65. The molecule has 0 aromatic heterocycles. The molecule has 0 saturated carbocycles. The molecule has 0 saturated heterocycles. The van der Waals surface area contributed by atoms with Crippen molar-refractivity contribution < 1.29 is 168 Å². The van der Waals surface area contributed by atoms with E-state index < -0.39 is 23.4 Å². The monoisotopic (exact) mass is 652 g/mol. The fraction of sp³-hybridized carbons (Fsp3) is 0.0435. The van der Waals surface area contributed by atoms with Crippen molar-refractivity contribution in [1.82, 2.24) is 0 Å². The molecule has 4 rings (SSSR count). The van der Waals surface area contributed by atoms with Crippen LogP contribution in [0.4, 0.5) is 0 Å². The molecule has 8 heteroatoms. The van der Waals surface area contributed by atoms with Crippen LogP contribution in [0.3, 0.4) is 0 Å². The van der Waals surface area contributed by atoms with E-state index in [1.165, 1.54) is 12.1 Å². The largest absolute Gasteiger partial charge is 1.00 e. The molecule has 4 aromatic carbocycles. The third kappa shape index (κ3) is 5.42. The predicted molar refractivity (Wildman–Crippen MR) is 104 cm³/mol. The van der Waals surface area contributed by atoms with Gasteiger partial charge in [0, 0.05) is 0 Å². The smallest absolute Gasteiger partial charge is 0.872 e. The topological polar surface area (TPSA) is 121 Å². The molecule has 2 N–H and O–H groups in total. The van der Waals surface area contributed by atoms with Gasteiger partial charge in [-0.05, 0) is 51.2 Å². The van der Waals surface area contributed by atoms with Crippen LogP contribution in [0.5, 0.6) is 11.5 Å². The Morgan fingerprint density at radius 1 is 0.677 bits per heavy atom. The molecule has 0 amide bonds. The van der Waals surface area contributed by atoms with Gasteiger partial charge in [0.1, 0.15) is 0 Å². The Balaban J connectivity index is 0.00000171. The van der Waals surface area contributed by atoms with Crippen molar-refractivity contribution in [2.75, 3.05) is 0 Å². The molecule has 31 heavy (non-hydrogen) atoms. The molecule has 0 spiro atoms. The van der Waals surface area contributed by atoms with Crippen LogP contribution >= 0.6 is 0 Å². The van der Waals surface area contributed by atoms with Crippen LogP contribution < -0.4 is 148 Å². The van der Waals surface area contributed by atoms with Crippen LogP contribution in [-0.2, 0) is 6.42 Å². The van der Waals surface area contributed by atoms with E-state index in [2.05, 4.69) is 0 Å². The molecule has 4 aromatic rings. The summed E-state index contributed by atoms with van der Waals surface area (Å²) in [5, 5.41) is 46.8. The van der Waals surface area contributed by atoms with E-state index >= 15 is 0 Å². The Kier molecular flexibility index (Phi) is 10.1. The molecule has 0 aliphatic heterocycles. The zero-order valence-electron chi connectivity index (χ0n) is 17.0. The van der Waals surface area contributed by atoms with E-state index in [0.717, 1.165) is 0 Å². The number of carboxylic acids is 2. The third-order valence-corrected chi connectivity index (χ3v) is 5.02. The summed E-state index contributed by atoms with van der Waals surface area (Å²) in [6, 6.07) is 16.3. The van der Waals surface area contributed by atoms with Crippen molar-refractivity contribution in [3.05, 3.63) is 82.9 Å². The molecule has 0 atom stereocenters. The number of rotatable bonds is 4.